The highest BCUT2D eigenvalue weighted by atomic mass is 127. The lowest BCUT2D eigenvalue weighted by Crippen LogP contribution is -2.20. The van der Waals surface area contributed by atoms with Crippen molar-refractivity contribution in [1.29, 1.82) is 0 Å². The van der Waals surface area contributed by atoms with Gasteiger partial charge in [-0.2, -0.15) is 0 Å². The molecule has 0 amide bonds. The lowest BCUT2D eigenvalue weighted by molar-refractivity contribution is 0.828. The van der Waals surface area contributed by atoms with Crippen molar-refractivity contribution in [2.24, 2.45) is 7.05 Å². The minimum Gasteiger partial charge on any atom is -0.378 e. The van der Waals surface area contributed by atoms with Gasteiger partial charge in [0.05, 0.1) is 10.9 Å². The van der Waals surface area contributed by atoms with Crippen LogP contribution in [0.4, 0.5) is 5.69 Å². The van der Waals surface area contributed by atoms with Crippen molar-refractivity contribution in [2.75, 3.05) is 19.0 Å². The normalized spacial score (nSPS) is 11.3. The number of aromatic nitrogens is 2. The molecular weight excluding hydrogens is 413 g/mol. The second-order valence-corrected chi connectivity index (χ2v) is 7.06. The summed E-state index contributed by atoms with van der Waals surface area (Å²) in [7, 11) is 5.78. The van der Waals surface area contributed by atoms with Gasteiger partial charge >= 0.3 is 0 Å². The molecule has 0 atom stereocenters. The number of nitrogens with zero attached hydrogens (tertiary/aromatic N) is 3. The van der Waals surface area contributed by atoms with Crippen LogP contribution >= 0.6 is 22.6 Å². The molecule has 0 bridgehead atoms. The van der Waals surface area contributed by atoms with E-state index in [2.05, 4.69) is 44.6 Å². The molecule has 1 aromatic heterocycles. The fourth-order valence-corrected chi connectivity index (χ4v) is 2.95. The zero-order valence-electron chi connectivity index (χ0n) is 13.8. The van der Waals surface area contributed by atoms with Crippen LogP contribution < -0.4 is 10.5 Å². The minimum atomic E-state index is -0.0267. The second kappa shape index (κ2) is 6.76. The quantitative estimate of drug-likeness (QED) is 0.593. The van der Waals surface area contributed by atoms with Gasteiger partial charge in [0.15, 0.2) is 0 Å². The molecule has 0 aliphatic heterocycles. The van der Waals surface area contributed by atoms with Gasteiger partial charge in [-0.25, -0.2) is 4.98 Å². The first-order valence-electron chi connectivity index (χ1n) is 7.57. The van der Waals surface area contributed by atoms with Gasteiger partial charge in [0.1, 0.15) is 5.82 Å². The Morgan fingerprint density at radius 1 is 1.08 bits per heavy atom. The van der Waals surface area contributed by atoms with Gasteiger partial charge in [-0.05, 0) is 64.6 Å². The molecule has 3 rings (SSSR count). The third kappa shape index (κ3) is 3.36. The number of rotatable bonds is 3. The zero-order valence-corrected chi connectivity index (χ0v) is 16.0. The summed E-state index contributed by atoms with van der Waals surface area (Å²) < 4.78 is 2.62. The molecule has 2 aromatic carbocycles. The molecule has 0 aliphatic carbocycles. The number of hydrogen-bond donors (Lipinski definition) is 0. The number of halogens is 1. The lowest BCUT2D eigenvalue weighted by Gasteiger charge is -2.11. The predicted molar refractivity (Wildman–Crippen MR) is 109 cm³/mol. The van der Waals surface area contributed by atoms with Crippen molar-refractivity contribution < 1.29 is 0 Å². The van der Waals surface area contributed by atoms with Gasteiger partial charge in [-0.3, -0.25) is 9.36 Å². The molecule has 3 aromatic rings. The Balaban J connectivity index is 1.99. The van der Waals surface area contributed by atoms with E-state index in [-0.39, 0.29) is 5.56 Å². The Morgan fingerprint density at radius 2 is 1.79 bits per heavy atom. The third-order valence-corrected chi connectivity index (χ3v) is 4.58. The van der Waals surface area contributed by atoms with Crippen LogP contribution in [-0.4, -0.2) is 23.6 Å². The highest BCUT2D eigenvalue weighted by Crippen LogP contribution is 2.16. The third-order valence-electron chi connectivity index (χ3n) is 3.91. The molecule has 122 valence electrons. The topological polar surface area (TPSA) is 38.1 Å². The van der Waals surface area contributed by atoms with Gasteiger partial charge in [-0.15, -0.1) is 0 Å². The summed E-state index contributed by atoms with van der Waals surface area (Å²) in [5.41, 5.74) is 2.91. The summed E-state index contributed by atoms with van der Waals surface area (Å²) in [6, 6.07) is 14.0. The largest absolute Gasteiger partial charge is 0.378 e. The molecule has 0 saturated heterocycles. The standard InChI is InChI=1S/C19H18IN3O/c1-22(2)15-8-4-13(5-9-15)6-11-18-21-17-10-7-14(20)12-16(17)19(24)23(18)3/h4-12H,1-3H3. The van der Waals surface area contributed by atoms with E-state index >= 15 is 0 Å². The lowest BCUT2D eigenvalue weighted by atomic mass is 10.2. The maximum Gasteiger partial charge on any atom is 0.261 e. The molecule has 0 aliphatic rings. The van der Waals surface area contributed by atoms with E-state index in [9.17, 15) is 4.79 Å². The van der Waals surface area contributed by atoms with E-state index in [1.807, 2.05) is 56.6 Å². The molecular formula is C19H18IN3O. The van der Waals surface area contributed by atoms with Crippen LogP contribution in [0.15, 0.2) is 47.3 Å². The minimum absolute atomic E-state index is 0.0267. The Bertz CT molecular complexity index is 972. The van der Waals surface area contributed by atoms with Crippen molar-refractivity contribution in [2.45, 2.75) is 0 Å². The first-order chi connectivity index (χ1) is 11.5. The zero-order chi connectivity index (χ0) is 17.3. The summed E-state index contributed by atoms with van der Waals surface area (Å²) >= 11 is 2.20. The molecule has 0 N–H and O–H groups in total. The van der Waals surface area contributed by atoms with Crippen molar-refractivity contribution in [3.63, 3.8) is 0 Å². The molecule has 0 fully saturated rings. The molecule has 24 heavy (non-hydrogen) atoms. The predicted octanol–water partition coefficient (Wildman–Crippen LogP) is 3.77. The fourth-order valence-electron chi connectivity index (χ4n) is 2.46. The second-order valence-electron chi connectivity index (χ2n) is 5.81. The van der Waals surface area contributed by atoms with Crippen LogP contribution in [0.25, 0.3) is 23.1 Å². The molecule has 5 heteroatoms. The summed E-state index contributed by atoms with van der Waals surface area (Å²) in [4.78, 5) is 19.2. The van der Waals surface area contributed by atoms with Crippen LogP contribution in [0.5, 0.6) is 0 Å². The first-order valence-corrected chi connectivity index (χ1v) is 8.65. The average molecular weight is 431 g/mol. The van der Waals surface area contributed by atoms with E-state index in [0.29, 0.717) is 11.2 Å². The van der Waals surface area contributed by atoms with E-state index in [1.54, 1.807) is 11.6 Å². The Kier molecular flexibility index (Phi) is 4.71. The van der Waals surface area contributed by atoms with Gasteiger partial charge in [-0.1, -0.05) is 18.2 Å². The Hall–Kier alpha value is -2.15. The summed E-state index contributed by atoms with van der Waals surface area (Å²) in [6.07, 6.45) is 3.85. The number of anilines is 1. The maximum absolute atomic E-state index is 12.5. The van der Waals surface area contributed by atoms with Crippen LogP contribution in [0.3, 0.4) is 0 Å². The summed E-state index contributed by atoms with van der Waals surface area (Å²) in [5.74, 6) is 0.644. The summed E-state index contributed by atoms with van der Waals surface area (Å²) in [5, 5.41) is 0.650. The molecule has 0 saturated carbocycles. The van der Waals surface area contributed by atoms with Gasteiger partial charge in [0.2, 0.25) is 0 Å². The number of benzene rings is 2. The van der Waals surface area contributed by atoms with E-state index < -0.39 is 0 Å². The fraction of sp³-hybridized carbons (Fsp3) is 0.158. The van der Waals surface area contributed by atoms with E-state index in [0.717, 1.165) is 20.3 Å². The van der Waals surface area contributed by atoms with Crippen LogP contribution in [0, 0.1) is 3.57 Å². The van der Waals surface area contributed by atoms with Crippen LogP contribution in [0.1, 0.15) is 11.4 Å². The van der Waals surface area contributed by atoms with Crippen LogP contribution in [0.2, 0.25) is 0 Å². The molecule has 0 radical (unpaired) electrons. The summed E-state index contributed by atoms with van der Waals surface area (Å²) in [6.45, 7) is 0. The SMILES string of the molecule is CN(C)c1ccc(C=Cc2nc3ccc(I)cc3c(=O)n2C)cc1. The van der Waals surface area contributed by atoms with Gasteiger partial charge in [0.25, 0.3) is 5.56 Å². The maximum atomic E-state index is 12.5. The number of hydrogen-bond acceptors (Lipinski definition) is 3. The molecule has 0 unspecified atom stereocenters. The molecule has 4 nitrogen and oxygen atoms in total. The van der Waals surface area contributed by atoms with Crippen molar-refractivity contribution >= 4 is 51.3 Å². The van der Waals surface area contributed by atoms with Crippen LogP contribution in [-0.2, 0) is 7.05 Å². The van der Waals surface area contributed by atoms with Crippen molar-refractivity contribution in [1.82, 2.24) is 9.55 Å². The average Bonchev–Trinajstić information content (AvgIpc) is 2.58. The van der Waals surface area contributed by atoms with E-state index in [1.165, 1.54) is 0 Å². The Labute approximate surface area is 154 Å². The monoisotopic (exact) mass is 431 g/mol. The highest BCUT2D eigenvalue weighted by Gasteiger charge is 2.06. The van der Waals surface area contributed by atoms with Gasteiger partial charge < -0.3 is 4.90 Å². The van der Waals surface area contributed by atoms with E-state index in [4.69, 9.17) is 0 Å². The molecule has 1 heterocycles. The smallest absolute Gasteiger partial charge is 0.261 e. The Morgan fingerprint density at radius 3 is 2.46 bits per heavy atom. The number of fused-ring (bicyclic) bond motifs is 1. The first kappa shape index (κ1) is 16.7. The van der Waals surface area contributed by atoms with Gasteiger partial charge in [0, 0.05) is 30.4 Å². The van der Waals surface area contributed by atoms with Crippen molar-refractivity contribution in [3.05, 3.63) is 67.8 Å². The molecule has 0 spiro atoms. The highest BCUT2D eigenvalue weighted by molar-refractivity contribution is 14.1. The van der Waals surface area contributed by atoms with Crippen molar-refractivity contribution in [3.8, 4) is 0 Å².